The second kappa shape index (κ2) is 28.4. The lowest BCUT2D eigenvalue weighted by molar-refractivity contribution is -0.147. The van der Waals surface area contributed by atoms with Crippen LogP contribution in [-0.4, -0.2) is 136 Å². The maximum Gasteiger partial charge on any atom is 0.328 e. The summed E-state index contributed by atoms with van der Waals surface area (Å²) in [4.78, 5) is 86.2. The minimum atomic E-state index is -0.942. The predicted molar refractivity (Wildman–Crippen MR) is 281 cm³/mol. The van der Waals surface area contributed by atoms with Crippen LogP contribution in [0.1, 0.15) is 86.0 Å². The fourth-order valence-electron chi connectivity index (χ4n) is 7.60. The van der Waals surface area contributed by atoms with Gasteiger partial charge in [-0.05, 0) is 83.5 Å². The third kappa shape index (κ3) is 16.4. The Morgan fingerprint density at radius 1 is 0.800 bits per heavy atom. The van der Waals surface area contributed by atoms with Crippen LogP contribution in [0.2, 0.25) is 0 Å². The standard InChI is InChI=1S/C51H69N13O11/c1-9-42(65)55-16-22-73-24-23-72-21-15-43(66)56-34(7)49(70)75-20-14-19-74-41-30-35(46(53)67)29-37-45(41)63(51(58-37)60-48(69)39-28-33(6)61-64(39)11-3)18-13-12-17-62-44-36(25-31(4)26-40(44)71-8)57-50(62)59-47(68)38(54-10-2)27-32(5)52/h12-13,25-30,34,52,54H,9-11,14-24H2,1-8H3,(H2,53,67)(H,55,65)(H,56,66)(H,57,59,68)(H,58,60,69)/b13-12+,38-27-,52-32?/t34-/m0/s1. The number of hydrogen-bond acceptors (Lipinski definition) is 16. The molecule has 0 radical (unpaired) electrons. The van der Waals surface area contributed by atoms with Gasteiger partial charge in [0.15, 0.2) is 0 Å². The van der Waals surface area contributed by atoms with E-state index in [2.05, 4.69) is 31.7 Å². The Labute approximate surface area is 434 Å². The van der Waals surface area contributed by atoms with Gasteiger partial charge in [0.1, 0.15) is 40.0 Å². The Balaban J connectivity index is 1.33. The first kappa shape index (κ1) is 57.8. The van der Waals surface area contributed by atoms with Crippen molar-refractivity contribution < 1.29 is 52.5 Å². The van der Waals surface area contributed by atoms with E-state index in [1.807, 2.05) is 45.1 Å². The van der Waals surface area contributed by atoms with Crippen molar-refractivity contribution in [3.63, 3.8) is 0 Å². The molecule has 0 aliphatic carbocycles. The van der Waals surface area contributed by atoms with Crippen LogP contribution in [0, 0.1) is 19.3 Å². The molecule has 0 aliphatic heterocycles. The Morgan fingerprint density at radius 2 is 1.47 bits per heavy atom. The SMILES string of the molecule is CCN/C(=C\C(C)=N)C(=O)Nc1nc2cc(C)cc(OC)c2n1C/C=C/Cn1c(NC(=O)c2cc(C)nn2CC)nc2cc(C(N)=O)cc(OCCCOC(=O)[C@H](C)NC(=O)CCOCCOCCNC(=O)CC)c21. The number of aromatic nitrogens is 6. The number of nitrogens with one attached hydrogen (secondary N) is 6. The number of hydrogen-bond donors (Lipinski definition) is 7. The van der Waals surface area contributed by atoms with Gasteiger partial charge in [0.05, 0.1) is 63.5 Å². The highest BCUT2D eigenvalue weighted by Crippen LogP contribution is 2.33. The first-order valence-corrected chi connectivity index (χ1v) is 24.7. The summed E-state index contributed by atoms with van der Waals surface area (Å²) in [5, 5.41) is 26.5. The van der Waals surface area contributed by atoms with E-state index in [9.17, 15) is 28.8 Å². The molecular weight excluding hydrogens is 971 g/mol. The molecule has 3 heterocycles. The summed E-state index contributed by atoms with van der Waals surface area (Å²) in [6.45, 7) is 14.7. The molecule has 0 spiro atoms. The Kier molecular flexibility index (Phi) is 21.9. The zero-order valence-corrected chi connectivity index (χ0v) is 43.8. The minimum absolute atomic E-state index is 0.00498. The maximum atomic E-state index is 13.9. The number of imidazole rings is 2. The van der Waals surface area contributed by atoms with Gasteiger partial charge in [-0.1, -0.05) is 19.1 Å². The van der Waals surface area contributed by atoms with Gasteiger partial charge in [0.2, 0.25) is 29.6 Å². The fraction of sp³-hybridized carbons (Fsp3) is 0.451. The molecule has 0 saturated carbocycles. The maximum absolute atomic E-state index is 13.9. The van der Waals surface area contributed by atoms with Crippen molar-refractivity contribution in [1.29, 1.82) is 5.41 Å². The molecule has 0 bridgehead atoms. The topological polar surface area (TPSA) is 312 Å². The number of carbonyl (C=O) groups excluding carboxylic acids is 6. The summed E-state index contributed by atoms with van der Waals surface area (Å²) in [5.41, 5.74) is 9.97. The Hall–Kier alpha value is -8.12. The molecule has 0 aliphatic rings. The van der Waals surface area contributed by atoms with Gasteiger partial charge in [-0.25, -0.2) is 14.8 Å². The molecule has 1 atom stereocenters. The molecular formula is C51H69N13O11. The van der Waals surface area contributed by atoms with E-state index in [1.54, 1.807) is 47.8 Å². The zero-order chi connectivity index (χ0) is 54.6. The molecule has 3 aromatic heterocycles. The van der Waals surface area contributed by atoms with Crippen molar-refractivity contribution in [1.82, 2.24) is 44.8 Å². The van der Waals surface area contributed by atoms with Crippen molar-refractivity contribution in [2.24, 2.45) is 5.73 Å². The number of likely N-dealkylation sites (N-methyl/N-ethyl adjacent to an activating group) is 1. The number of nitrogens with two attached hydrogens (primary N) is 1. The number of amides is 5. The van der Waals surface area contributed by atoms with Crippen LogP contribution in [0.15, 0.2) is 54.3 Å². The first-order chi connectivity index (χ1) is 36.0. The number of primary amides is 1. The molecule has 24 nitrogen and oxygen atoms in total. The van der Waals surface area contributed by atoms with E-state index in [4.69, 9.17) is 44.8 Å². The van der Waals surface area contributed by atoms with E-state index < -0.39 is 35.6 Å². The Morgan fingerprint density at radius 3 is 2.11 bits per heavy atom. The molecule has 0 unspecified atom stereocenters. The lowest BCUT2D eigenvalue weighted by Crippen LogP contribution is -2.40. The van der Waals surface area contributed by atoms with Gasteiger partial charge in [-0.2, -0.15) is 5.10 Å². The second-order valence-corrected chi connectivity index (χ2v) is 17.1. The number of fused-ring (bicyclic) bond motifs is 2. The number of anilines is 2. The molecule has 5 rings (SSSR count). The van der Waals surface area contributed by atoms with E-state index in [1.165, 1.54) is 25.1 Å². The highest BCUT2D eigenvalue weighted by atomic mass is 16.5. The van der Waals surface area contributed by atoms with Gasteiger partial charge in [0, 0.05) is 63.3 Å². The summed E-state index contributed by atoms with van der Waals surface area (Å²) in [5.74, 6) is -1.76. The van der Waals surface area contributed by atoms with Crippen molar-refractivity contribution in [2.45, 2.75) is 93.4 Å². The molecule has 2 aromatic carbocycles. The largest absolute Gasteiger partial charge is 0.494 e. The van der Waals surface area contributed by atoms with E-state index in [0.717, 1.165) is 5.56 Å². The van der Waals surface area contributed by atoms with Crippen molar-refractivity contribution >= 4 is 75.2 Å². The lowest BCUT2D eigenvalue weighted by atomic mass is 10.1. The number of esters is 1. The highest BCUT2D eigenvalue weighted by molar-refractivity contribution is 6.08. The lowest BCUT2D eigenvalue weighted by Gasteiger charge is -2.15. The van der Waals surface area contributed by atoms with Gasteiger partial charge in [0.25, 0.3) is 11.8 Å². The molecule has 24 heteroatoms. The number of allylic oxidation sites excluding steroid dienone is 3. The normalized spacial score (nSPS) is 11.9. The van der Waals surface area contributed by atoms with Crippen molar-refractivity contribution in [3.8, 4) is 11.5 Å². The van der Waals surface area contributed by atoms with Gasteiger partial charge >= 0.3 is 5.97 Å². The number of rotatable bonds is 31. The Bertz CT molecular complexity index is 2920. The predicted octanol–water partition coefficient (Wildman–Crippen LogP) is 4.07. The molecule has 0 saturated heterocycles. The average Bonchev–Trinajstić information content (AvgIpc) is 4.05. The van der Waals surface area contributed by atoms with E-state index in [-0.39, 0.29) is 98.4 Å². The summed E-state index contributed by atoms with van der Waals surface area (Å²) in [6, 6.07) is 7.43. The van der Waals surface area contributed by atoms with Crippen LogP contribution in [0.4, 0.5) is 11.9 Å². The zero-order valence-electron chi connectivity index (χ0n) is 43.8. The monoisotopic (exact) mass is 1040 g/mol. The molecule has 0 fully saturated rings. The number of ether oxygens (including phenoxy) is 5. The van der Waals surface area contributed by atoms with Crippen LogP contribution in [-0.2, 0) is 53.0 Å². The van der Waals surface area contributed by atoms with E-state index in [0.29, 0.717) is 73.0 Å². The van der Waals surface area contributed by atoms with Gasteiger partial charge < -0.3 is 59.9 Å². The van der Waals surface area contributed by atoms with Crippen molar-refractivity contribution in [2.75, 3.05) is 70.5 Å². The van der Waals surface area contributed by atoms with Crippen molar-refractivity contribution in [3.05, 3.63) is 76.8 Å². The molecule has 75 heavy (non-hydrogen) atoms. The number of benzene rings is 2. The van der Waals surface area contributed by atoms with Crippen LogP contribution >= 0.6 is 0 Å². The molecule has 404 valence electrons. The van der Waals surface area contributed by atoms with Gasteiger partial charge in [-0.3, -0.25) is 39.3 Å². The summed E-state index contributed by atoms with van der Waals surface area (Å²) < 4.78 is 33.4. The number of aryl methyl sites for hydroxylation is 3. The third-order valence-corrected chi connectivity index (χ3v) is 11.1. The van der Waals surface area contributed by atoms with Crippen LogP contribution in [0.3, 0.4) is 0 Å². The first-order valence-electron chi connectivity index (χ1n) is 24.7. The summed E-state index contributed by atoms with van der Waals surface area (Å²) >= 11 is 0. The fourth-order valence-corrected chi connectivity index (χ4v) is 7.60. The van der Waals surface area contributed by atoms with Crippen LogP contribution in [0.5, 0.6) is 11.5 Å². The smallest absolute Gasteiger partial charge is 0.328 e. The summed E-state index contributed by atoms with van der Waals surface area (Å²) in [6.07, 6.45) is 5.72. The number of carbonyl (C=O) groups is 6. The van der Waals surface area contributed by atoms with Crippen LogP contribution < -0.4 is 41.8 Å². The molecule has 5 amide bonds. The van der Waals surface area contributed by atoms with Crippen LogP contribution in [0.25, 0.3) is 22.1 Å². The number of nitrogens with zero attached hydrogens (tertiary/aromatic N) is 6. The average molecular weight is 1040 g/mol. The number of methoxy groups -OCH3 is 1. The summed E-state index contributed by atoms with van der Waals surface area (Å²) in [7, 11) is 1.55. The van der Waals surface area contributed by atoms with E-state index >= 15 is 0 Å². The molecule has 8 N–H and O–H groups in total. The highest BCUT2D eigenvalue weighted by Gasteiger charge is 2.23. The molecule has 5 aromatic rings. The van der Waals surface area contributed by atoms with Gasteiger partial charge in [-0.15, -0.1) is 0 Å². The second-order valence-electron chi connectivity index (χ2n) is 17.1. The quantitative estimate of drug-likeness (QED) is 0.0108. The third-order valence-electron chi connectivity index (χ3n) is 11.1. The minimum Gasteiger partial charge on any atom is -0.494 e.